The number of ether oxygens (including phenoxy) is 1. The van der Waals surface area contributed by atoms with E-state index in [0.29, 0.717) is 17.5 Å². The van der Waals surface area contributed by atoms with Crippen LogP contribution in [0.2, 0.25) is 5.02 Å². The number of esters is 1. The summed E-state index contributed by atoms with van der Waals surface area (Å²) < 4.78 is 4.77. The molecule has 1 aromatic carbocycles. The topological polar surface area (TPSA) is 26.3 Å². The lowest BCUT2D eigenvalue weighted by Gasteiger charge is -2.01. The highest BCUT2D eigenvalue weighted by Gasteiger charge is 2.00. The molecule has 0 fully saturated rings. The lowest BCUT2D eigenvalue weighted by Crippen LogP contribution is -1.98. The van der Waals surface area contributed by atoms with Crippen molar-refractivity contribution in [1.82, 2.24) is 0 Å². The lowest BCUT2D eigenvalue weighted by atomic mass is 10.1. The average Bonchev–Trinajstić information content (AvgIpc) is 2.28. The second-order valence-corrected chi connectivity index (χ2v) is 3.74. The fourth-order valence-corrected chi connectivity index (χ4v) is 1.63. The van der Waals surface area contributed by atoms with Crippen LogP contribution >= 0.6 is 23.2 Å². The molecule has 1 rings (SSSR count). The highest BCUT2D eigenvalue weighted by atomic mass is 35.5. The number of rotatable bonds is 4. The molecule has 0 aliphatic carbocycles. The Morgan fingerprint density at radius 1 is 1.50 bits per heavy atom. The van der Waals surface area contributed by atoms with Gasteiger partial charge in [-0.15, -0.1) is 11.6 Å². The van der Waals surface area contributed by atoms with Gasteiger partial charge in [0.05, 0.1) is 6.61 Å². The predicted octanol–water partition coefficient (Wildman–Crippen LogP) is 3.66. The molecule has 0 amide bonds. The highest BCUT2D eigenvalue weighted by Crippen LogP contribution is 2.20. The van der Waals surface area contributed by atoms with E-state index in [1.807, 2.05) is 12.1 Å². The molecule has 0 heterocycles. The van der Waals surface area contributed by atoms with E-state index < -0.39 is 0 Å². The maximum absolute atomic E-state index is 11.1. The van der Waals surface area contributed by atoms with Gasteiger partial charge < -0.3 is 4.74 Å². The molecular formula is C12H12Cl2O2. The zero-order valence-corrected chi connectivity index (χ0v) is 10.4. The molecule has 0 N–H and O–H groups in total. The maximum atomic E-state index is 11.1. The minimum Gasteiger partial charge on any atom is -0.463 e. The largest absolute Gasteiger partial charge is 0.463 e. The Morgan fingerprint density at radius 3 is 2.88 bits per heavy atom. The van der Waals surface area contributed by atoms with Gasteiger partial charge in [0.15, 0.2) is 0 Å². The molecule has 0 atom stereocenters. The Kier molecular flexibility index (Phi) is 5.36. The van der Waals surface area contributed by atoms with Crippen molar-refractivity contribution in [2.75, 3.05) is 6.61 Å². The fraction of sp³-hybridized carbons (Fsp3) is 0.250. The molecule has 0 saturated heterocycles. The molecule has 0 bridgehead atoms. The minimum absolute atomic E-state index is 0.347. The van der Waals surface area contributed by atoms with Gasteiger partial charge in [-0.2, -0.15) is 0 Å². The number of benzene rings is 1. The van der Waals surface area contributed by atoms with Gasteiger partial charge >= 0.3 is 5.97 Å². The van der Waals surface area contributed by atoms with Crippen molar-refractivity contribution >= 4 is 35.2 Å². The van der Waals surface area contributed by atoms with Gasteiger partial charge in [-0.3, -0.25) is 0 Å². The number of hydrogen-bond donors (Lipinski definition) is 0. The molecule has 0 spiro atoms. The summed E-state index contributed by atoms with van der Waals surface area (Å²) in [5.41, 5.74) is 1.71. The molecule has 0 unspecified atom stereocenters. The van der Waals surface area contributed by atoms with E-state index in [1.165, 1.54) is 6.08 Å². The van der Waals surface area contributed by atoms with Crippen LogP contribution in [0.4, 0.5) is 0 Å². The molecule has 0 aliphatic heterocycles. The van der Waals surface area contributed by atoms with Crippen LogP contribution in [-0.2, 0) is 15.4 Å². The predicted molar refractivity (Wildman–Crippen MR) is 66.7 cm³/mol. The summed E-state index contributed by atoms with van der Waals surface area (Å²) in [6.07, 6.45) is 3.05. The molecule has 4 heteroatoms. The summed E-state index contributed by atoms with van der Waals surface area (Å²) in [5.74, 6) is -0.00946. The minimum atomic E-state index is -0.357. The SMILES string of the molecule is CCOC(=O)C=Cc1ccc(Cl)c(CCl)c1. The summed E-state index contributed by atoms with van der Waals surface area (Å²) >= 11 is 11.6. The van der Waals surface area contributed by atoms with Crippen LogP contribution in [0, 0.1) is 0 Å². The van der Waals surface area contributed by atoms with Gasteiger partial charge in [-0.05, 0) is 36.3 Å². The molecule has 16 heavy (non-hydrogen) atoms. The van der Waals surface area contributed by atoms with Crippen molar-refractivity contribution in [2.24, 2.45) is 0 Å². The number of halogens is 2. The summed E-state index contributed by atoms with van der Waals surface area (Å²) in [4.78, 5) is 11.1. The number of hydrogen-bond acceptors (Lipinski definition) is 2. The Bertz CT molecular complexity index is 400. The number of alkyl halides is 1. The first-order valence-corrected chi connectivity index (χ1v) is 5.78. The van der Waals surface area contributed by atoms with Crippen LogP contribution in [0.25, 0.3) is 6.08 Å². The molecule has 0 saturated carbocycles. The number of carbonyl (C=O) groups is 1. The fourth-order valence-electron chi connectivity index (χ4n) is 1.16. The van der Waals surface area contributed by atoms with Gasteiger partial charge in [0.1, 0.15) is 0 Å². The smallest absolute Gasteiger partial charge is 0.330 e. The normalized spacial score (nSPS) is 10.7. The van der Waals surface area contributed by atoms with Gasteiger partial charge in [-0.1, -0.05) is 17.7 Å². The third-order valence-corrected chi connectivity index (χ3v) is 2.57. The Morgan fingerprint density at radius 2 is 2.25 bits per heavy atom. The molecule has 86 valence electrons. The third kappa shape index (κ3) is 3.87. The summed E-state index contributed by atoms with van der Waals surface area (Å²) in [6, 6.07) is 5.41. The molecule has 0 aromatic heterocycles. The first-order chi connectivity index (χ1) is 7.67. The van der Waals surface area contributed by atoms with Crippen molar-refractivity contribution in [2.45, 2.75) is 12.8 Å². The van der Waals surface area contributed by atoms with Crippen LogP contribution in [-0.4, -0.2) is 12.6 Å². The third-order valence-electron chi connectivity index (χ3n) is 1.91. The van der Waals surface area contributed by atoms with Crippen LogP contribution in [0.1, 0.15) is 18.1 Å². The van der Waals surface area contributed by atoms with E-state index in [1.54, 1.807) is 19.1 Å². The second kappa shape index (κ2) is 6.56. The van der Waals surface area contributed by atoms with Gasteiger partial charge in [-0.25, -0.2) is 4.79 Å². The first-order valence-electron chi connectivity index (χ1n) is 4.86. The van der Waals surface area contributed by atoms with Crippen molar-refractivity contribution in [3.05, 3.63) is 40.4 Å². The Hall–Kier alpha value is -0.990. The van der Waals surface area contributed by atoms with E-state index in [0.717, 1.165) is 11.1 Å². The summed E-state index contributed by atoms with van der Waals surface area (Å²) in [7, 11) is 0. The quantitative estimate of drug-likeness (QED) is 0.468. The van der Waals surface area contributed by atoms with E-state index in [2.05, 4.69) is 0 Å². The zero-order valence-electron chi connectivity index (χ0n) is 8.87. The van der Waals surface area contributed by atoms with Crippen molar-refractivity contribution < 1.29 is 9.53 Å². The molecule has 0 aliphatic rings. The zero-order chi connectivity index (χ0) is 12.0. The molecule has 1 aromatic rings. The van der Waals surface area contributed by atoms with Gasteiger partial charge in [0, 0.05) is 17.0 Å². The highest BCUT2D eigenvalue weighted by molar-refractivity contribution is 6.32. The summed E-state index contributed by atoms with van der Waals surface area (Å²) in [6.45, 7) is 2.14. The second-order valence-electron chi connectivity index (χ2n) is 3.07. The maximum Gasteiger partial charge on any atom is 0.330 e. The number of carbonyl (C=O) groups excluding carboxylic acids is 1. The summed E-state index contributed by atoms with van der Waals surface area (Å²) in [5, 5.41) is 0.628. The van der Waals surface area contributed by atoms with Crippen LogP contribution in [0.3, 0.4) is 0 Å². The molecular weight excluding hydrogens is 247 g/mol. The molecule has 0 radical (unpaired) electrons. The van der Waals surface area contributed by atoms with Gasteiger partial charge in [0.2, 0.25) is 0 Å². The van der Waals surface area contributed by atoms with Crippen molar-refractivity contribution in [1.29, 1.82) is 0 Å². The van der Waals surface area contributed by atoms with Crippen molar-refractivity contribution in [3.8, 4) is 0 Å². The Labute approximate surface area is 105 Å². The van der Waals surface area contributed by atoms with E-state index in [4.69, 9.17) is 27.9 Å². The van der Waals surface area contributed by atoms with Crippen molar-refractivity contribution in [3.63, 3.8) is 0 Å². The lowest BCUT2D eigenvalue weighted by molar-refractivity contribution is -0.137. The first kappa shape index (κ1) is 13.1. The average molecular weight is 259 g/mol. The standard InChI is InChI=1S/C12H12Cl2O2/c1-2-16-12(15)6-4-9-3-5-11(14)10(7-9)8-13/h3-7H,2,8H2,1H3. The van der Waals surface area contributed by atoms with Crippen LogP contribution in [0.5, 0.6) is 0 Å². The van der Waals surface area contributed by atoms with Crippen LogP contribution in [0.15, 0.2) is 24.3 Å². The van der Waals surface area contributed by atoms with E-state index >= 15 is 0 Å². The monoisotopic (exact) mass is 258 g/mol. The van der Waals surface area contributed by atoms with Crippen LogP contribution < -0.4 is 0 Å². The van der Waals surface area contributed by atoms with E-state index in [-0.39, 0.29) is 5.97 Å². The Balaban J connectivity index is 2.78. The molecule has 2 nitrogen and oxygen atoms in total. The van der Waals surface area contributed by atoms with E-state index in [9.17, 15) is 4.79 Å². The van der Waals surface area contributed by atoms with Gasteiger partial charge in [0.25, 0.3) is 0 Å².